The average Bonchev–Trinajstić information content (AvgIpc) is 3.53. The summed E-state index contributed by atoms with van der Waals surface area (Å²) in [5.41, 5.74) is 9.99. The number of benzene rings is 5. The van der Waals surface area contributed by atoms with E-state index in [1.807, 2.05) is 6.07 Å². The third-order valence-corrected chi connectivity index (χ3v) is 7.16. The maximum absolute atomic E-state index is 6.05. The second-order valence-corrected chi connectivity index (χ2v) is 9.57. The summed E-state index contributed by atoms with van der Waals surface area (Å²) in [6.07, 6.45) is 2.18. The van der Waals surface area contributed by atoms with Gasteiger partial charge < -0.3 is 8.98 Å². The number of rotatable bonds is 5. The van der Waals surface area contributed by atoms with Crippen molar-refractivity contribution >= 4 is 32.9 Å². The molecule has 0 unspecified atom stereocenters. The van der Waals surface area contributed by atoms with Gasteiger partial charge in [-0.3, -0.25) is 0 Å². The van der Waals surface area contributed by atoms with Gasteiger partial charge in [-0.15, -0.1) is 0 Å². The molecule has 0 aliphatic carbocycles. The van der Waals surface area contributed by atoms with Gasteiger partial charge in [0, 0.05) is 22.0 Å². The zero-order chi connectivity index (χ0) is 24.8. The van der Waals surface area contributed by atoms with Crippen molar-refractivity contribution in [3.8, 4) is 28.3 Å². The Bertz CT molecular complexity index is 1820. The van der Waals surface area contributed by atoms with Gasteiger partial charge in [0.25, 0.3) is 0 Å². The summed E-state index contributed by atoms with van der Waals surface area (Å²) in [4.78, 5) is 4.75. The van der Waals surface area contributed by atoms with Crippen LogP contribution in [0.4, 0.5) is 0 Å². The van der Waals surface area contributed by atoms with Gasteiger partial charge in [0.2, 0.25) is 5.89 Å². The molecular formula is C34H26N2O. The minimum atomic E-state index is 0.664. The second kappa shape index (κ2) is 8.79. The van der Waals surface area contributed by atoms with Crippen molar-refractivity contribution in [2.24, 2.45) is 0 Å². The standard InChI is InChI=1S/C34H26N2O/c1-2-7-23-12-21-33-30(22-23)35-34(37-33)26-15-13-24(14-16-26)25-17-19-27(20-18-25)36-31-10-5-3-8-28(31)29-9-4-6-11-32(29)36/h3-6,8-22H,2,7H2,1H3. The SMILES string of the molecule is CCCc1ccc2oc(-c3ccc(-c4ccc(-n5c6ccccc6c6ccccc65)cc4)cc3)nc2c1. The summed E-state index contributed by atoms with van der Waals surface area (Å²) in [5, 5.41) is 2.55. The van der Waals surface area contributed by atoms with E-state index in [0.29, 0.717) is 5.89 Å². The molecule has 0 amide bonds. The number of hydrogen-bond acceptors (Lipinski definition) is 2. The van der Waals surface area contributed by atoms with Crippen molar-refractivity contribution in [3.63, 3.8) is 0 Å². The van der Waals surface area contributed by atoms with E-state index in [1.165, 1.54) is 38.5 Å². The fourth-order valence-electron chi connectivity index (χ4n) is 5.35. The Morgan fingerprint density at radius 2 is 1.24 bits per heavy atom. The molecule has 0 N–H and O–H groups in total. The highest BCUT2D eigenvalue weighted by Crippen LogP contribution is 2.33. The van der Waals surface area contributed by atoms with Crippen LogP contribution in [0.25, 0.3) is 61.2 Å². The van der Waals surface area contributed by atoms with Crippen molar-refractivity contribution in [1.29, 1.82) is 0 Å². The van der Waals surface area contributed by atoms with Crippen LogP contribution in [0.15, 0.2) is 120 Å². The van der Waals surface area contributed by atoms with E-state index in [-0.39, 0.29) is 0 Å². The smallest absolute Gasteiger partial charge is 0.227 e. The molecule has 7 rings (SSSR count). The van der Waals surface area contributed by atoms with Crippen LogP contribution in [0.1, 0.15) is 18.9 Å². The van der Waals surface area contributed by atoms with Crippen LogP contribution >= 0.6 is 0 Å². The van der Waals surface area contributed by atoms with E-state index in [2.05, 4.69) is 121 Å². The molecule has 0 fully saturated rings. The largest absolute Gasteiger partial charge is 0.436 e. The molecule has 2 heterocycles. The molecule has 0 saturated carbocycles. The topological polar surface area (TPSA) is 31.0 Å². The van der Waals surface area contributed by atoms with Crippen LogP contribution in [-0.2, 0) is 6.42 Å². The second-order valence-electron chi connectivity index (χ2n) is 9.57. The van der Waals surface area contributed by atoms with Crippen LogP contribution in [-0.4, -0.2) is 9.55 Å². The molecule has 5 aromatic carbocycles. The van der Waals surface area contributed by atoms with E-state index in [0.717, 1.165) is 35.2 Å². The molecular weight excluding hydrogens is 452 g/mol. The van der Waals surface area contributed by atoms with Crippen LogP contribution in [0, 0.1) is 0 Å². The molecule has 0 saturated heterocycles. The Kier molecular flexibility index (Phi) is 5.14. The lowest BCUT2D eigenvalue weighted by Gasteiger charge is -2.09. The Morgan fingerprint density at radius 3 is 1.89 bits per heavy atom. The lowest BCUT2D eigenvalue weighted by molar-refractivity contribution is 0.620. The monoisotopic (exact) mass is 478 g/mol. The van der Waals surface area contributed by atoms with E-state index in [1.54, 1.807) is 0 Å². The first-order valence-corrected chi connectivity index (χ1v) is 12.9. The molecule has 0 bridgehead atoms. The first kappa shape index (κ1) is 21.6. The van der Waals surface area contributed by atoms with Crippen molar-refractivity contribution in [2.75, 3.05) is 0 Å². The first-order valence-electron chi connectivity index (χ1n) is 12.9. The number of fused-ring (bicyclic) bond motifs is 4. The van der Waals surface area contributed by atoms with Gasteiger partial charge in [-0.25, -0.2) is 4.98 Å². The lowest BCUT2D eigenvalue weighted by Crippen LogP contribution is -1.93. The van der Waals surface area contributed by atoms with Gasteiger partial charge in [-0.1, -0.05) is 80.1 Å². The molecule has 2 aromatic heterocycles. The molecule has 0 radical (unpaired) electrons. The van der Waals surface area contributed by atoms with Crippen molar-refractivity contribution < 1.29 is 4.42 Å². The zero-order valence-corrected chi connectivity index (χ0v) is 20.7. The molecule has 7 aromatic rings. The summed E-state index contributed by atoms with van der Waals surface area (Å²) in [6.45, 7) is 2.19. The maximum atomic E-state index is 6.05. The number of hydrogen-bond donors (Lipinski definition) is 0. The zero-order valence-electron chi connectivity index (χ0n) is 20.7. The van der Waals surface area contributed by atoms with E-state index < -0.39 is 0 Å². The van der Waals surface area contributed by atoms with Gasteiger partial charge in [-0.05, 0) is 71.6 Å². The Morgan fingerprint density at radius 1 is 0.649 bits per heavy atom. The number of aryl methyl sites for hydroxylation is 1. The fourth-order valence-corrected chi connectivity index (χ4v) is 5.35. The summed E-state index contributed by atoms with van der Waals surface area (Å²) >= 11 is 0. The summed E-state index contributed by atoms with van der Waals surface area (Å²) in [7, 11) is 0. The summed E-state index contributed by atoms with van der Waals surface area (Å²) < 4.78 is 8.39. The quantitative estimate of drug-likeness (QED) is 0.247. The maximum Gasteiger partial charge on any atom is 0.227 e. The Hall–Kier alpha value is -4.63. The van der Waals surface area contributed by atoms with Crippen LogP contribution < -0.4 is 0 Å². The number of para-hydroxylation sites is 2. The predicted molar refractivity (Wildman–Crippen MR) is 153 cm³/mol. The van der Waals surface area contributed by atoms with Gasteiger partial charge >= 0.3 is 0 Å². The van der Waals surface area contributed by atoms with Gasteiger partial charge in [0.05, 0.1) is 11.0 Å². The van der Waals surface area contributed by atoms with Gasteiger partial charge in [-0.2, -0.15) is 0 Å². The van der Waals surface area contributed by atoms with Crippen LogP contribution in [0.2, 0.25) is 0 Å². The predicted octanol–water partition coefficient (Wildman–Crippen LogP) is 9.21. The molecule has 3 nitrogen and oxygen atoms in total. The van der Waals surface area contributed by atoms with Crippen molar-refractivity contribution in [3.05, 3.63) is 121 Å². The average molecular weight is 479 g/mol. The highest BCUT2D eigenvalue weighted by molar-refractivity contribution is 6.09. The molecule has 3 heteroatoms. The highest BCUT2D eigenvalue weighted by Gasteiger charge is 2.12. The molecule has 178 valence electrons. The normalized spacial score (nSPS) is 11.6. The number of aromatic nitrogens is 2. The van der Waals surface area contributed by atoms with Gasteiger partial charge in [0.1, 0.15) is 5.52 Å². The highest BCUT2D eigenvalue weighted by atomic mass is 16.3. The van der Waals surface area contributed by atoms with Crippen LogP contribution in [0.5, 0.6) is 0 Å². The number of oxazole rings is 1. The lowest BCUT2D eigenvalue weighted by atomic mass is 10.0. The summed E-state index contributed by atoms with van der Waals surface area (Å²) in [5.74, 6) is 0.664. The van der Waals surface area contributed by atoms with Gasteiger partial charge in [0.15, 0.2) is 5.58 Å². The first-order chi connectivity index (χ1) is 18.3. The fraction of sp³-hybridized carbons (Fsp3) is 0.0882. The van der Waals surface area contributed by atoms with E-state index >= 15 is 0 Å². The molecule has 0 atom stereocenters. The molecule has 37 heavy (non-hydrogen) atoms. The van der Waals surface area contributed by atoms with Crippen molar-refractivity contribution in [1.82, 2.24) is 9.55 Å². The molecule has 0 aliphatic heterocycles. The number of nitrogens with zero attached hydrogens (tertiary/aromatic N) is 2. The Balaban J connectivity index is 1.20. The molecule has 0 aliphatic rings. The molecule has 0 spiro atoms. The summed E-state index contributed by atoms with van der Waals surface area (Å²) in [6, 6.07) is 40.8. The minimum Gasteiger partial charge on any atom is -0.436 e. The van der Waals surface area contributed by atoms with E-state index in [9.17, 15) is 0 Å². The third-order valence-electron chi connectivity index (χ3n) is 7.16. The Labute approximate surface area is 215 Å². The third kappa shape index (κ3) is 3.71. The minimum absolute atomic E-state index is 0.664. The van der Waals surface area contributed by atoms with Crippen LogP contribution in [0.3, 0.4) is 0 Å². The van der Waals surface area contributed by atoms with E-state index in [4.69, 9.17) is 9.40 Å². The van der Waals surface area contributed by atoms with Crippen molar-refractivity contribution in [2.45, 2.75) is 19.8 Å².